The van der Waals surface area contributed by atoms with Gasteiger partial charge in [0.1, 0.15) is 5.82 Å². The minimum absolute atomic E-state index is 0.0116. The highest BCUT2D eigenvalue weighted by molar-refractivity contribution is 7.89. The van der Waals surface area contributed by atoms with Crippen LogP contribution in [-0.4, -0.2) is 36.5 Å². The molecule has 0 saturated carbocycles. The number of aliphatic hydroxyl groups is 1. The molecular weight excluding hydrogens is 269 g/mol. The second-order valence-electron chi connectivity index (χ2n) is 5.15. The third kappa shape index (κ3) is 3.99. The molecule has 0 aromatic heterocycles. The summed E-state index contributed by atoms with van der Waals surface area (Å²) < 4.78 is 39.2. The highest BCUT2D eigenvalue weighted by Crippen LogP contribution is 2.20. The van der Waals surface area contributed by atoms with Crippen LogP contribution in [0.4, 0.5) is 4.39 Å². The zero-order chi connectivity index (χ0) is 14.8. The largest absolute Gasteiger partial charge is 0.389 e. The van der Waals surface area contributed by atoms with Crippen LogP contribution in [0.25, 0.3) is 0 Å². The number of hydrogen-bond acceptors (Lipinski definition) is 3. The third-order valence-electron chi connectivity index (χ3n) is 2.68. The molecule has 0 atom stereocenters. The maximum atomic E-state index is 13.2. The second kappa shape index (κ2) is 5.56. The van der Waals surface area contributed by atoms with Gasteiger partial charge >= 0.3 is 0 Å². The Hall–Kier alpha value is -0.980. The van der Waals surface area contributed by atoms with Gasteiger partial charge in [-0.3, -0.25) is 0 Å². The number of halogens is 1. The van der Waals surface area contributed by atoms with Crippen molar-refractivity contribution in [1.82, 2.24) is 4.31 Å². The molecule has 0 amide bonds. The number of hydrogen-bond donors (Lipinski definition) is 1. The monoisotopic (exact) mass is 289 g/mol. The summed E-state index contributed by atoms with van der Waals surface area (Å²) in [4.78, 5) is 0.0394. The van der Waals surface area contributed by atoms with Crippen LogP contribution in [0.5, 0.6) is 0 Å². The SMILES string of the molecule is CCN(CC(C)(C)O)S(=O)(=O)c1ccc(F)c(C)c1. The molecule has 6 heteroatoms. The van der Waals surface area contributed by atoms with Gasteiger partial charge in [-0.15, -0.1) is 0 Å². The standard InChI is InChI=1S/C13H20FNO3S/c1-5-15(9-13(3,4)16)19(17,18)11-6-7-12(14)10(2)8-11/h6-8,16H,5,9H2,1-4H3. The number of likely N-dealkylation sites (N-methyl/N-ethyl adjacent to an activating group) is 1. The van der Waals surface area contributed by atoms with E-state index in [2.05, 4.69) is 0 Å². The number of aryl methyl sites for hydroxylation is 1. The summed E-state index contributed by atoms with van der Waals surface area (Å²) in [7, 11) is -3.72. The van der Waals surface area contributed by atoms with E-state index in [1.165, 1.54) is 23.4 Å². The quantitative estimate of drug-likeness (QED) is 0.901. The fraction of sp³-hybridized carbons (Fsp3) is 0.538. The maximum Gasteiger partial charge on any atom is 0.243 e. The van der Waals surface area contributed by atoms with E-state index in [1.807, 2.05) is 0 Å². The van der Waals surface area contributed by atoms with Crippen LogP contribution in [-0.2, 0) is 10.0 Å². The molecule has 0 bridgehead atoms. The van der Waals surface area contributed by atoms with Gasteiger partial charge in [0.25, 0.3) is 0 Å². The fourth-order valence-corrected chi connectivity index (χ4v) is 3.41. The molecule has 0 radical (unpaired) electrons. The lowest BCUT2D eigenvalue weighted by molar-refractivity contribution is 0.0601. The first-order valence-electron chi connectivity index (χ1n) is 6.06. The van der Waals surface area contributed by atoms with E-state index in [-0.39, 0.29) is 23.5 Å². The first kappa shape index (κ1) is 16.1. The number of rotatable bonds is 5. The Balaban J connectivity index is 3.17. The molecule has 0 saturated heterocycles. The van der Waals surface area contributed by atoms with Gasteiger partial charge in [0.15, 0.2) is 0 Å². The molecule has 1 aromatic rings. The summed E-state index contributed by atoms with van der Waals surface area (Å²) in [5.41, 5.74) is -0.849. The first-order chi connectivity index (χ1) is 8.58. The van der Waals surface area contributed by atoms with Gasteiger partial charge < -0.3 is 5.11 Å². The van der Waals surface area contributed by atoms with Gasteiger partial charge in [-0.25, -0.2) is 12.8 Å². The highest BCUT2D eigenvalue weighted by Gasteiger charge is 2.28. The molecule has 0 fully saturated rings. The van der Waals surface area contributed by atoms with Gasteiger partial charge in [-0.1, -0.05) is 6.92 Å². The van der Waals surface area contributed by atoms with Crippen molar-refractivity contribution in [3.8, 4) is 0 Å². The predicted molar refractivity (Wildman–Crippen MR) is 71.9 cm³/mol. The van der Waals surface area contributed by atoms with Crippen LogP contribution in [0.15, 0.2) is 23.1 Å². The molecule has 0 spiro atoms. The summed E-state index contributed by atoms with van der Waals surface area (Å²) in [6, 6.07) is 3.68. The Morgan fingerprint density at radius 3 is 2.37 bits per heavy atom. The van der Waals surface area contributed by atoms with E-state index >= 15 is 0 Å². The smallest absolute Gasteiger partial charge is 0.243 e. The van der Waals surface area contributed by atoms with E-state index in [0.29, 0.717) is 0 Å². The molecule has 1 rings (SSSR count). The fourth-order valence-electron chi connectivity index (χ4n) is 1.73. The molecular formula is C13H20FNO3S. The van der Waals surface area contributed by atoms with Crippen LogP contribution in [0.1, 0.15) is 26.3 Å². The number of nitrogens with zero attached hydrogens (tertiary/aromatic N) is 1. The van der Waals surface area contributed by atoms with E-state index < -0.39 is 21.4 Å². The van der Waals surface area contributed by atoms with Crippen LogP contribution in [0.3, 0.4) is 0 Å². The van der Waals surface area contributed by atoms with E-state index in [1.54, 1.807) is 20.8 Å². The van der Waals surface area contributed by atoms with E-state index in [9.17, 15) is 17.9 Å². The van der Waals surface area contributed by atoms with E-state index in [0.717, 1.165) is 6.07 Å². The average Bonchev–Trinajstić information content (AvgIpc) is 2.28. The second-order valence-corrected chi connectivity index (χ2v) is 7.09. The van der Waals surface area contributed by atoms with Crippen molar-refractivity contribution in [1.29, 1.82) is 0 Å². The van der Waals surface area contributed by atoms with Crippen LogP contribution in [0, 0.1) is 12.7 Å². The van der Waals surface area contributed by atoms with Crippen molar-refractivity contribution in [2.75, 3.05) is 13.1 Å². The summed E-state index contributed by atoms with van der Waals surface area (Å²) in [5, 5.41) is 9.76. The molecule has 0 aliphatic heterocycles. The maximum absolute atomic E-state index is 13.2. The molecule has 1 N–H and O–H groups in total. The van der Waals surface area contributed by atoms with Crippen molar-refractivity contribution < 1.29 is 17.9 Å². The van der Waals surface area contributed by atoms with Gasteiger partial charge in [-0.05, 0) is 44.5 Å². The van der Waals surface area contributed by atoms with Crippen LogP contribution >= 0.6 is 0 Å². The number of sulfonamides is 1. The molecule has 0 aliphatic carbocycles. The lowest BCUT2D eigenvalue weighted by Crippen LogP contribution is -2.42. The minimum Gasteiger partial charge on any atom is -0.389 e. The zero-order valence-corrected chi connectivity index (χ0v) is 12.5. The van der Waals surface area contributed by atoms with Crippen molar-refractivity contribution >= 4 is 10.0 Å². The lowest BCUT2D eigenvalue weighted by atomic mass is 10.1. The summed E-state index contributed by atoms with van der Waals surface area (Å²) >= 11 is 0. The van der Waals surface area contributed by atoms with Gasteiger partial charge in [0, 0.05) is 13.1 Å². The Morgan fingerprint density at radius 2 is 1.95 bits per heavy atom. The molecule has 108 valence electrons. The van der Waals surface area contributed by atoms with Gasteiger partial charge in [0.05, 0.1) is 10.5 Å². The summed E-state index contributed by atoms with van der Waals surface area (Å²) in [5.74, 6) is -0.440. The molecule has 19 heavy (non-hydrogen) atoms. The normalized spacial score (nSPS) is 13.0. The minimum atomic E-state index is -3.72. The summed E-state index contributed by atoms with van der Waals surface area (Å²) in [6.45, 7) is 6.52. The first-order valence-corrected chi connectivity index (χ1v) is 7.50. The number of benzene rings is 1. The molecule has 1 aromatic carbocycles. The van der Waals surface area contributed by atoms with Crippen LogP contribution < -0.4 is 0 Å². The Bertz CT molecular complexity index is 549. The van der Waals surface area contributed by atoms with Gasteiger partial charge in [-0.2, -0.15) is 4.31 Å². The van der Waals surface area contributed by atoms with Crippen molar-refractivity contribution in [2.24, 2.45) is 0 Å². The lowest BCUT2D eigenvalue weighted by Gasteiger charge is -2.27. The summed E-state index contributed by atoms with van der Waals surface area (Å²) in [6.07, 6.45) is 0. The third-order valence-corrected chi connectivity index (χ3v) is 4.60. The van der Waals surface area contributed by atoms with Crippen molar-refractivity contribution in [3.63, 3.8) is 0 Å². The molecule has 0 aliphatic rings. The average molecular weight is 289 g/mol. The van der Waals surface area contributed by atoms with Crippen molar-refractivity contribution in [2.45, 2.75) is 38.2 Å². The molecule has 4 nitrogen and oxygen atoms in total. The Morgan fingerprint density at radius 1 is 1.37 bits per heavy atom. The Kier molecular flexibility index (Phi) is 4.71. The highest BCUT2D eigenvalue weighted by atomic mass is 32.2. The topological polar surface area (TPSA) is 57.6 Å². The molecule has 0 unspecified atom stereocenters. The van der Waals surface area contributed by atoms with E-state index in [4.69, 9.17) is 0 Å². The van der Waals surface area contributed by atoms with Crippen LogP contribution in [0.2, 0.25) is 0 Å². The Labute approximate surface area is 113 Å². The van der Waals surface area contributed by atoms with Crippen molar-refractivity contribution in [3.05, 3.63) is 29.6 Å². The van der Waals surface area contributed by atoms with Gasteiger partial charge in [0.2, 0.25) is 10.0 Å². The zero-order valence-electron chi connectivity index (χ0n) is 11.6. The predicted octanol–water partition coefficient (Wildman–Crippen LogP) is 1.92. The molecule has 0 heterocycles.